The molecule has 0 saturated carbocycles. The van der Waals surface area contributed by atoms with E-state index in [1.807, 2.05) is 34.0 Å². The minimum absolute atomic E-state index is 0.711. The van der Waals surface area contributed by atoms with E-state index in [0.29, 0.717) is 5.82 Å². The number of benzene rings is 20. The summed E-state index contributed by atoms with van der Waals surface area (Å²) in [6.07, 6.45) is 0. The first kappa shape index (κ1) is 80.2. The van der Waals surface area contributed by atoms with Gasteiger partial charge in [0.25, 0.3) is 0 Å². The molecule has 0 atom stereocenters. The lowest BCUT2D eigenvalue weighted by atomic mass is 9.98. The lowest BCUT2D eigenvalue weighted by Crippen LogP contribution is -2.03. The first-order valence-electron chi connectivity index (χ1n) is 46.4. The largest absolute Gasteiger partial charge is 0.309 e. The summed E-state index contributed by atoms with van der Waals surface area (Å²) in [6, 6.07) is 166. The minimum Gasteiger partial charge on any atom is -0.309 e. The topological polar surface area (TPSA) is 92.1 Å². The van der Waals surface area contributed by atoms with Gasteiger partial charge in [0.2, 0.25) is 0 Å². The van der Waals surface area contributed by atoms with Crippen LogP contribution in [-0.2, 0) is 0 Å². The predicted molar refractivity (Wildman–Crippen MR) is 584 cm³/mol. The summed E-state index contributed by atoms with van der Waals surface area (Å²) in [6.45, 7) is 0. The van der Waals surface area contributed by atoms with Crippen molar-refractivity contribution in [2.24, 2.45) is 0 Å². The van der Waals surface area contributed by atoms with Crippen LogP contribution in [0.15, 0.2) is 467 Å². The van der Waals surface area contributed by atoms with Crippen LogP contribution in [0.4, 0.5) is 0 Å². The standard InChI is InChI=1S/2C44H27N3S.C38H23N3S/c1-3-12-28(13-4-1)29-14-11-15-31(26-29)44-45-42(35-23-25-40-41(43(35)46-44)34-19-8-10-21-39(34)48-40)30-22-24-38-36(27-30)33-18-7-9-20-37(33)47(38)32-16-5-2-6-17-32;1-2-12-28(13-3-1)29-14-10-15-30(26-29)31-16-11-17-32(27-31)43-45-42-36(24-25-40-41(42)35-20-6-9-23-39(35)48-40)44(46-43)47-37-21-7-4-18-33(37)34-19-5-8-22-38(34)47;1-3-11-24(12-4-1)36-29-20-22-34-35(28-16-8-10-18-33(28)42-34)37(29)40-38(39-36)25-19-21-32-30(23-25)27-15-7-9-17-31(27)41(32)26-13-5-2-6-14-26/h2*1-27H;1-23H. The molecule has 0 unspecified atom stereocenters. The van der Waals surface area contributed by atoms with Crippen LogP contribution in [-0.4, -0.2) is 43.6 Å². The van der Waals surface area contributed by atoms with Crippen LogP contribution in [0.2, 0.25) is 0 Å². The second-order valence-electron chi connectivity index (χ2n) is 35.0. The maximum absolute atomic E-state index is 5.44. The summed E-state index contributed by atoms with van der Waals surface area (Å²) in [4.78, 5) is 32.2. The van der Waals surface area contributed by atoms with Crippen molar-refractivity contribution >= 4 is 193 Å². The predicted octanol–water partition coefficient (Wildman–Crippen LogP) is 34.6. The second kappa shape index (κ2) is 33.3. The van der Waals surface area contributed by atoms with E-state index in [4.69, 9.17) is 29.9 Å². The van der Waals surface area contributed by atoms with Gasteiger partial charge in [0.05, 0.1) is 61.0 Å². The van der Waals surface area contributed by atoms with Crippen molar-refractivity contribution in [3.63, 3.8) is 0 Å². The van der Waals surface area contributed by atoms with E-state index < -0.39 is 0 Å². The first-order valence-corrected chi connectivity index (χ1v) is 48.9. The highest BCUT2D eigenvalue weighted by atomic mass is 32.1. The molecule has 0 fully saturated rings. The van der Waals surface area contributed by atoms with Crippen LogP contribution in [0.5, 0.6) is 0 Å². The van der Waals surface area contributed by atoms with Gasteiger partial charge in [-0.2, -0.15) is 0 Å². The van der Waals surface area contributed by atoms with Crippen molar-refractivity contribution in [1.82, 2.24) is 43.6 Å². The fraction of sp³-hybridized carbons (Fsp3) is 0. The van der Waals surface area contributed by atoms with E-state index in [0.717, 1.165) is 128 Å². The molecule has 29 rings (SSSR count). The zero-order chi connectivity index (χ0) is 90.8. The number of hydrogen-bond donors (Lipinski definition) is 0. The van der Waals surface area contributed by atoms with E-state index in [9.17, 15) is 0 Å². The highest BCUT2D eigenvalue weighted by molar-refractivity contribution is 7.26. The molecule has 0 aliphatic rings. The van der Waals surface area contributed by atoms with Crippen LogP contribution >= 0.6 is 34.0 Å². The number of rotatable bonds is 11. The normalized spacial score (nSPS) is 11.8. The average molecular weight is 1810 g/mol. The molecule has 644 valence electrons. The lowest BCUT2D eigenvalue weighted by Gasteiger charge is -2.14. The molecule has 0 amide bonds. The number of fused-ring (bicyclic) bond motifs is 24. The Morgan fingerprint density at radius 2 is 0.435 bits per heavy atom. The molecule has 0 spiro atoms. The fourth-order valence-corrected chi connectivity index (χ4v) is 24.0. The zero-order valence-electron chi connectivity index (χ0n) is 74.2. The van der Waals surface area contributed by atoms with E-state index in [1.165, 1.54) is 132 Å². The molecule has 9 aromatic heterocycles. The quantitative estimate of drug-likeness (QED) is 0.128. The Kier molecular flexibility index (Phi) is 19.3. The molecule has 12 heteroatoms. The van der Waals surface area contributed by atoms with Gasteiger partial charge in [-0.25, -0.2) is 29.9 Å². The molecule has 0 aliphatic carbocycles. The maximum atomic E-state index is 5.44. The Bertz CT molecular complexity index is 9880. The van der Waals surface area contributed by atoms with Crippen molar-refractivity contribution in [3.8, 4) is 107 Å². The highest BCUT2D eigenvalue weighted by Crippen LogP contribution is 2.48. The summed E-state index contributed by atoms with van der Waals surface area (Å²) in [5.74, 6) is 3.07. The molecule has 20 aromatic carbocycles. The fourth-order valence-electron chi connectivity index (χ4n) is 20.7. The molecular weight excluding hydrogens is 1740 g/mol. The van der Waals surface area contributed by atoms with E-state index in [1.54, 1.807) is 0 Å². The summed E-state index contributed by atoms with van der Waals surface area (Å²) in [7, 11) is 0. The van der Waals surface area contributed by atoms with Gasteiger partial charge in [0.15, 0.2) is 17.5 Å². The third-order valence-electron chi connectivity index (χ3n) is 27.0. The smallest absolute Gasteiger partial charge is 0.162 e. The third-order valence-corrected chi connectivity index (χ3v) is 30.4. The van der Waals surface area contributed by atoms with Crippen molar-refractivity contribution in [2.45, 2.75) is 0 Å². The summed E-state index contributed by atoms with van der Waals surface area (Å²) < 4.78 is 14.5. The van der Waals surface area contributed by atoms with Gasteiger partial charge in [-0.3, -0.25) is 4.57 Å². The number of nitrogens with zero attached hydrogens (tertiary/aromatic N) is 9. The number of hydrogen-bond acceptors (Lipinski definition) is 9. The summed E-state index contributed by atoms with van der Waals surface area (Å²) >= 11 is 5.46. The van der Waals surface area contributed by atoms with Crippen molar-refractivity contribution in [2.75, 3.05) is 0 Å². The van der Waals surface area contributed by atoms with Gasteiger partial charge >= 0.3 is 0 Å². The van der Waals surface area contributed by atoms with Crippen LogP contribution in [0.25, 0.3) is 266 Å². The number of para-hydroxylation sites is 6. The van der Waals surface area contributed by atoms with Crippen LogP contribution in [0.3, 0.4) is 0 Å². The Balaban J connectivity index is 0.000000105. The van der Waals surface area contributed by atoms with Gasteiger partial charge < -0.3 is 9.13 Å². The molecule has 0 bridgehead atoms. The Hall–Kier alpha value is -17.5. The summed E-state index contributed by atoms with van der Waals surface area (Å²) in [5.41, 5.74) is 26.3. The highest BCUT2D eigenvalue weighted by Gasteiger charge is 2.26. The van der Waals surface area contributed by atoms with Crippen molar-refractivity contribution in [1.29, 1.82) is 0 Å². The average Bonchev–Trinajstić information content (AvgIpc) is 1.56. The van der Waals surface area contributed by atoms with Gasteiger partial charge in [0, 0.05) is 148 Å². The zero-order valence-corrected chi connectivity index (χ0v) is 76.7. The first-order chi connectivity index (χ1) is 68.4. The van der Waals surface area contributed by atoms with Gasteiger partial charge in [0.1, 0.15) is 5.82 Å². The Morgan fingerprint density at radius 3 is 0.862 bits per heavy atom. The Labute approximate surface area is 804 Å². The molecule has 29 aromatic rings. The van der Waals surface area contributed by atoms with Gasteiger partial charge in [-0.15, -0.1) is 34.0 Å². The third kappa shape index (κ3) is 13.6. The van der Waals surface area contributed by atoms with Crippen LogP contribution < -0.4 is 0 Å². The van der Waals surface area contributed by atoms with E-state index >= 15 is 0 Å². The lowest BCUT2D eigenvalue weighted by molar-refractivity contribution is 1.08. The van der Waals surface area contributed by atoms with Crippen molar-refractivity contribution in [3.05, 3.63) is 467 Å². The molecule has 9 heterocycles. The van der Waals surface area contributed by atoms with E-state index in [2.05, 4.69) is 481 Å². The number of thiophene rings is 3. The molecule has 9 nitrogen and oxygen atoms in total. The number of aromatic nitrogens is 9. The minimum atomic E-state index is 0.711. The molecule has 138 heavy (non-hydrogen) atoms. The molecular formula is C126H77N9S3. The van der Waals surface area contributed by atoms with Crippen LogP contribution in [0, 0.1) is 0 Å². The van der Waals surface area contributed by atoms with Crippen molar-refractivity contribution < 1.29 is 0 Å². The molecule has 0 N–H and O–H groups in total. The van der Waals surface area contributed by atoms with Crippen LogP contribution in [0.1, 0.15) is 0 Å². The second-order valence-corrected chi connectivity index (χ2v) is 38.3. The van der Waals surface area contributed by atoms with Gasteiger partial charge in [-0.05, 0) is 185 Å². The SMILES string of the molecule is c1ccc(-c2cccc(-c3cccc(-c4nc(-n5c6ccccc6c6ccccc65)c5ccc6sc7ccccc7c6c5n4)c3)c2)cc1.c1ccc(-c2cccc(-c3nc(-c4ccc5c(c4)c4ccccc4n5-c4ccccc4)c4ccc5sc6ccccc6c5c4n3)c2)cc1.c1ccc(-c2nc(-c3ccc4c(c3)c3ccccc3n4-c3ccccc3)nc3c2ccc2sc4ccccc4c23)cc1. The molecule has 0 aliphatic heterocycles. The monoisotopic (exact) mass is 1810 g/mol. The van der Waals surface area contributed by atoms with Gasteiger partial charge in [-0.1, -0.05) is 315 Å². The van der Waals surface area contributed by atoms with E-state index in [-0.39, 0.29) is 0 Å². The molecule has 0 radical (unpaired) electrons. The maximum Gasteiger partial charge on any atom is 0.162 e. The summed E-state index contributed by atoms with van der Waals surface area (Å²) in [5, 5.41) is 17.7. The Morgan fingerprint density at radius 1 is 0.152 bits per heavy atom. The molecule has 0 saturated heterocycles.